The molecule has 1 saturated heterocycles. The number of aliphatic hydroxyl groups is 1. The smallest absolute Gasteiger partial charge is 0.256 e. The summed E-state index contributed by atoms with van der Waals surface area (Å²) < 4.78 is 0. The van der Waals surface area contributed by atoms with Crippen LogP contribution in [-0.4, -0.2) is 50.5 Å². The Bertz CT molecular complexity index is 1310. The third kappa shape index (κ3) is 3.91. The van der Waals surface area contributed by atoms with E-state index in [0.717, 1.165) is 56.1 Å². The van der Waals surface area contributed by atoms with E-state index < -0.39 is 12.0 Å². The van der Waals surface area contributed by atoms with Crippen molar-refractivity contribution in [1.82, 2.24) is 19.9 Å². The number of hydrogen-bond donors (Lipinski definition) is 2. The van der Waals surface area contributed by atoms with E-state index in [9.17, 15) is 14.7 Å². The van der Waals surface area contributed by atoms with Gasteiger partial charge in [0.15, 0.2) is 6.10 Å². The van der Waals surface area contributed by atoms with Crippen LogP contribution in [0.15, 0.2) is 53.5 Å². The number of carbonyl (C=O) groups is 1. The van der Waals surface area contributed by atoms with Crippen molar-refractivity contribution in [2.45, 2.75) is 50.2 Å². The first-order valence-electron chi connectivity index (χ1n) is 12.4. The van der Waals surface area contributed by atoms with Gasteiger partial charge in [0.1, 0.15) is 11.6 Å². The summed E-state index contributed by atoms with van der Waals surface area (Å²) >= 11 is 0. The largest absolute Gasteiger partial charge is 0.378 e. The minimum Gasteiger partial charge on any atom is -0.378 e. The van der Waals surface area contributed by atoms with Gasteiger partial charge < -0.3 is 19.9 Å². The molecule has 0 radical (unpaired) electrons. The maximum atomic E-state index is 13.2. The number of benzene rings is 1. The van der Waals surface area contributed by atoms with E-state index in [1.54, 1.807) is 23.2 Å². The average molecular weight is 472 g/mol. The molecule has 1 unspecified atom stereocenters. The fraction of sp³-hybridized carbons (Fsp3) is 0.407. The molecule has 1 amide bonds. The lowest BCUT2D eigenvalue weighted by atomic mass is 9.94. The molecular formula is C27H29N5O3. The van der Waals surface area contributed by atoms with E-state index in [4.69, 9.17) is 4.98 Å². The molecule has 0 spiro atoms. The number of hydrogen-bond acceptors (Lipinski definition) is 6. The van der Waals surface area contributed by atoms with Gasteiger partial charge in [0.05, 0.1) is 23.2 Å². The summed E-state index contributed by atoms with van der Waals surface area (Å²) in [6.45, 7) is 2.44. The van der Waals surface area contributed by atoms with Crippen molar-refractivity contribution in [3.8, 4) is 0 Å². The molecular weight excluding hydrogens is 442 g/mol. The summed E-state index contributed by atoms with van der Waals surface area (Å²) in [4.78, 5) is 42.3. The fourth-order valence-electron chi connectivity index (χ4n) is 5.42. The molecule has 180 valence electrons. The number of anilines is 1. The van der Waals surface area contributed by atoms with Gasteiger partial charge in [0.25, 0.3) is 11.5 Å². The summed E-state index contributed by atoms with van der Waals surface area (Å²) in [5.41, 5.74) is 2.55. The molecule has 0 bridgehead atoms. The maximum Gasteiger partial charge on any atom is 0.256 e. The van der Waals surface area contributed by atoms with E-state index in [1.807, 2.05) is 18.2 Å². The molecule has 2 aliphatic heterocycles. The highest BCUT2D eigenvalue weighted by Gasteiger charge is 2.48. The van der Waals surface area contributed by atoms with Crippen LogP contribution in [0.4, 0.5) is 5.82 Å². The summed E-state index contributed by atoms with van der Waals surface area (Å²) in [6, 6.07) is 13.7. The second-order valence-corrected chi connectivity index (χ2v) is 9.84. The van der Waals surface area contributed by atoms with Crippen molar-refractivity contribution in [3.63, 3.8) is 0 Å². The van der Waals surface area contributed by atoms with Crippen LogP contribution >= 0.6 is 0 Å². The summed E-state index contributed by atoms with van der Waals surface area (Å²) in [7, 11) is 0. The van der Waals surface area contributed by atoms with Gasteiger partial charge in [-0.3, -0.25) is 9.59 Å². The van der Waals surface area contributed by atoms with Gasteiger partial charge in [-0.15, -0.1) is 0 Å². The molecule has 8 heteroatoms. The molecule has 6 rings (SSSR count). The lowest BCUT2D eigenvalue weighted by Gasteiger charge is -2.30. The van der Waals surface area contributed by atoms with Crippen LogP contribution in [0.2, 0.25) is 0 Å². The highest BCUT2D eigenvalue weighted by molar-refractivity contribution is 5.82. The molecule has 4 heterocycles. The Balaban J connectivity index is 1.22. The molecule has 1 atom stereocenters. The van der Waals surface area contributed by atoms with Crippen molar-refractivity contribution < 1.29 is 9.90 Å². The van der Waals surface area contributed by atoms with Gasteiger partial charge in [0.2, 0.25) is 0 Å². The van der Waals surface area contributed by atoms with Crippen molar-refractivity contribution >= 4 is 11.7 Å². The van der Waals surface area contributed by atoms with Crippen molar-refractivity contribution in [3.05, 3.63) is 87.2 Å². The number of aliphatic hydroxyl groups excluding tert-OH is 1. The number of nitrogens with zero attached hydrogens (tertiary/aromatic N) is 4. The highest BCUT2D eigenvalue weighted by Crippen LogP contribution is 2.51. The topological polar surface area (TPSA) is 102 Å². The summed E-state index contributed by atoms with van der Waals surface area (Å²) in [5.74, 6) is 1.11. The van der Waals surface area contributed by atoms with Gasteiger partial charge in [-0.2, -0.15) is 0 Å². The maximum absolute atomic E-state index is 13.2. The molecule has 1 aromatic carbocycles. The number of aromatic amines is 1. The molecule has 2 N–H and O–H groups in total. The predicted molar refractivity (Wildman–Crippen MR) is 131 cm³/mol. The van der Waals surface area contributed by atoms with E-state index in [0.29, 0.717) is 24.1 Å². The highest BCUT2D eigenvalue weighted by atomic mass is 16.3. The monoisotopic (exact) mass is 471 g/mol. The molecule has 3 aromatic rings. The molecule has 3 aliphatic rings. The first kappa shape index (κ1) is 22.0. The van der Waals surface area contributed by atoms with Crippen molar-refractivity contribution in [2.75, 3.05) is 24.5 Å². The number of nitrogens with one attached hydrogen (secondary N) is 1. The zero-order valence-electron chi connectivity index (χ0n) is 19.6. The molecule has 2 aromatic heterocycles. The van der Waals surface area contributed by atoms with Gasteiger partial charge in [0, 0.05) is 32.3 Å². The molecule has 8 nitrogen and oxygen atoms in total. The minimum absolute atomic E-state index is 0.149. The number of fused-ring (bicyclic) bond motifs is 1. The van der Waals surface area contributed by atoms with E-state index >= 15 is 0 Å². The Morgan fingerprint density at radius 3 is 2.60 bits per heavy atom. The quantitative estimate of drug-likeness (QED) is 0.593. The van der Waals surface area contributed by atoms with Crippen LogP contribution in [0.25, 0.3) is 0 Å². The van der Waals surface area contributed by atoms with Gasteiger partial charge in [-0.05, 0) is 48.9 Å². The van der Waals surface area contributed by atoms with Crippen molar-refractivity contribution in [1.29, 1.82) is 0 Å². The number of amides is 1. The fourth-order valence-corrected chi connectivity index (χ4v) is 5.42. The predicted octanol–water partition coefficient (Wildman–Crippen LogP) is 2.46. The van der Waals surface area contributed by atoms with Gasteiger partial charge in [-0.1, -0.05) is 30.3 Å². The molecule has 1 saturated carbocycles. The Labute approximate surface area is 203 Å². The lowest BCUT2D eigenvalue weighted by Crippen LogP contribution is -2.42. The first-order chi connectivity index (χ1) is 17.0. The SMILES string of the molecule is O=C(C(O)c1ccnc(N2CCCC2)c1)N1CCc2nc(C3(c4ccccc4)CC3)[nH]c(=O)c2C1. The number of H-pyrrole nitrogens is 1. The number of carbonyl (C=O) groups excluding carboxylic acids is 1. The Kier molecular flexibility index (Phi) is 5.40. The Hall–Kier alpha value is -3.52. The van der Waals surface area contributed by atoms with Crippen LogP contribution in [0.1, 0.15) is 60.0 Å². The number of pyridine rings is 1. The third-order valence-corrected chi connectivity index (χ3v) is 7.66. The van der Waals surface area contributed by atoms with Crippen LogP contribution in [0.5, 0.6) is 0 Å². The zero-order valence-corrected chi connectivity index (χ0v) is 19.6. The summed E-state index contributed by atoms with van der Waals surface area (Å²) in [5, 5.41) is 10.9. The second-order valence-electron chi connectivity index (χ2n) is 9.84. The standard InChI is InChI=1S/C27H29N5O3/c33-23(18-8-12-28-22(16-18)31-13-4-5-14-31)25(35)32-15-9-21-20(17-32)24(34)30-26(29-21)27(10-11-27)19-6-2-1-3-7-19/h1-3,6-8,12,16,23,33H,4-5,9-11,13-15,17H2,(H,29,30,34). The van der Waals surface area contributed by atoms with Gasteiger partial charge in [-0.25, -0.2) is 9.97 Å². The van der Waals surface area contributed by atoms with E-state index in [2.05, 4.69) is 27.0 Å². The third-order valence-electron chi connectivity index (χ3n) is 7.66. The lowest BCUT2D eigenvalue weighted by molar-refractivity contribution is -0.141. The normalized spacial score (nSPS) is 19.3. The van der Waals surface area contributed by atoms with Gasteiger partial charge >= 0.3 is 0 Å². The van der Waals surface area contributed by atoms with Crippen LogP contribution in [-0.2, 0) is 23.2 Å². The van der Waals surface area contributed by atoms with Crippen LogP contribution in [0, 0.1) is 0 Å². The molecule has 1 aliphatic carbocycles. The second kappa shape index (κ2) is 8.61. The number of rotatable bonds is 5. The average Bonchev–Trinajstić information content (AvgIpc) is 3.54. The zero-order chi connectivity index (χ0) is 24.0. The Morgan fingerprint density at radius 2 is 1.86 bits per heavy atom. The Morgan fingerprint density at radius 1 is 1.09 bits per heavy atom. The van der Waals surface area contributed by atoms with E-state index in [1.165, 1.54) is 5.56 Å². The summed E-state index contributed by atoms with van der Waals surface area (Å²) in [6.07, 6.45) is 5.00. The molecule has 35 heavy (non-hydrogen) atoms. The molecule has 2 fully saturated rings. The van der Waals surface area contributed by atoms with Crippen LogP contribution in [0.3, 0.4) is 0 Å². The first-order valence-corrected chi connectivity index (χ1v) is 12.4. The van der Waals surface area contributed by atoms with Crippen LogP contribution < -0.4 is 10.5 Å². The van der Waals surface area contributed by atoms with E-state index in [-0.39, 0.29) is 17.5 Å². The number of aromatic nitrogens is 3. The minimum atomic E-state index is -1.29. The van der Waals surface area contributed by atoms with Crippen molar-refractivity contribution in [2.24, 2.45) is 0 Å².